The molecule has 29 heavy (non-hydrogen) atoms. The van der Waals surface area contributed by atoms with Crippen LogP contribution in [0.4, 0.5) is 8.78 Å². The van der Waals surface area contributed by atoms with Gasteiger partial charge in [-0.25, -0.2) is 17.2 Å². The normalized spacial score (nSPS) is 16.5. The molecule has 0 amide bonds. The van der Waals surface area contributed by atoms with Gasteiger partial charge in [0.15, 0.2) is 4.90 Å². The predicted molar refractivity (Wildman–Crippen MR) is 107 cm³/mol. The molecule has 1 heterocycles. The highest BCUT2D eigenvalue weighted by Gasteiger charge is 2.33. The molecule has 8 heteroatoms. The van der Waals surface area contributed by atoms with Gasteiger partial charge in [0.05, 0.1) is 0 Å². The van der Waals surface area contributed by atoms with Gasteiger partial charge in [-0.1, -0.05) is 26.0 Å². The van der Waals surface area contributed by atoms with Crippen LogP contribution in [0.3, 0.4) is 0 Å². The summed E-state index contributed by atoms with van der Waals surface area (Å²) in [5.74, 6) is -1.63. The van der Waals surface area contributed by atoms with E-state index in [1.54, 1.807) is 6.07 Å². The average molecular weight is 425 g/mol. The number of aromatic hydroxyl groups is 1. The van der Waals surface area contributed by atoms with Crippen LogP contribution >= 0.6 is 0 Å². The number of nitrogens with zero attached hydrogens (tertiary/aromatic N) is 2. The minimum atomic E-state index is -4.24. The first-order chi connectivity index (χ1) is 13.6. The van der Waals surface area contributed by atoms with Gasteiger partial charge in [0.1, 0.15) is 17.4 Å². The van der Waals surface area contributed by atoms with E-state index >= 15 is 0 Å². The van der Waals surface area contributed by atoms with Crippen molar-refractivity contribution in [3.63, 3.8) is 0 Å². The van der Waals surface area contributed by atoms with E-state index in [0.717, 1.165) is 39.2 Å². The summed E-state index contributed by atoms with van der Waals surface area (Å²) < 4.78 is 54.4. The third-order valence-corrected chi connectivity index (χ3v) is 7.28. The average Bonchev–Trinajstić information content (AvgIpc) is 2.63. The van der Waals surface area contributed by atoms with Crippen LogP contribution in [0.5, 0.6) is 5.75 Å². The molecule has 1 aliphatic heterocycles. The molecule has 5 nitrogen and oxygen atoms in total. The monoisotopic (exact) mass is 424 g/mol. The molecule has 158 valence electrons. The Morgan fingerprint density at radius 1 is 1.07 bits per heavy atom. The zero-order chi connectivity index (χ0) is 21.3. The van der Waals surface area contributed by atoms with E-state index in [9.17, 15) is 22.3 Å². The molecule has 0 unspecified atom stereocenters. The molecule has 1 fully saturated rings. The van der Waals surface area contributed by atoms with E-state index in [4.69, 9.17) is 0 Å². The van der Waals surface area contributed by atoms with Crippen LogP contribution in [0.2, 0.25) is 0 Å². The summed E-state index contributed by atoms with van der Waals surface area (Å²) >= 11 is 0. The molecular weight excluding hydrogens is 398 g/mol. The minimum Gasteiger partial charge on any atom is -0.508 e. The summed E-state index contributed by atoms with van der Waals surface area (Å²) in [4.78, 5) is 1.13. The summed E-state index contributed by atoms with van der Waals surface area (Å²) in [6, 6.07) is 6.78. The summed E-state index contributed by atoms with van der Waals surface area (Å²) in [5, 5.41) is 10.3. The van der Waals surface area contributed by atoms with Gasteiger partial charge in [0.2, 0.25) is 10.0 Å². The first-order valence-electron chi connectivity index (χ1n) is 9.60. The minimum absolute atomic E-state index is 0.125. The first-order valence-corrected chi connectivity index (χ1v) is 11.0. The van der Waals surface area contributed by atoms with E-state index in [-0.39, 0.29) is 18.8 Å². The Labute approximate surface area is 170 Å². The molecule has 0 saturated carbocycles. The van der Waals surface area contributed by atoms with Crippen molar-refractivity contribution in [3.8, 4) is 5.75 Å². The number of aryl methyl sites for hydroxylation is 1. The Balaban J connectivity index is 1.72. The summed E-state index contributed by atoms with van der Waals surface area (Å²) in [5.41, 5.74) is 2.98. The molecule has 1 aliphatic rings. The number of phenols is 1. The van der Waals surface area contributed by atoms with Gasteiger partial charge in [0.25, 0.3) is 0 Å². The molecule has 3 rings (SSSR count). The van der Waals surface area contributed by atoms with Gasteiger partial charge >= 0.3 is 0 Å². The van der Waals surface area contributed by atoms with Crippen molar-refractivity contribution >= 4 is 10.0 Å². The van der Waals surface area contributed by atoms with Crippen LogP contribution in [0.1, 0.15) is 36.5 Å². The molecule has 2 aromatic rings. The molecule has 1 N–H and O–H groups in total. The van der Waals surface area contributed by atoms with Gasteiger partial charge < -0.3 is 5.11 Å². The lowest BCUT2D eigenvalue weighted by Crippen LogP contribution is -2.48. The fourth-order valence-corrected chi connectivity index (χ4v) is 5.26. The maximum absolute atomic E-state index is 14.0. The summed E-state index contributed by atoms with van der Waals surface area (Å²) in [6.07, 6.45) is 0. The van der Waals surface area contributed by atoms with Crippen molar-refractivity contribution in [1.29, 1.82) is 0 Å². The quantitative estimate of drug-likeness (QED) is 0.797. The zero-order valence-corrected chi connectivity index (χ0v) is 17.6. The topological polar surface area (TPSA) is 60.9 Å². The molecular formula is C21H26F2N2O3S. The van der Waals surface area contributed by atoms with Gasteiger partial charge in [-0.3, -0.25) is 4.90 Å². The second kappa shape index (κ2) is 8.38. The number of rotatable bonds is 5. The Bertz CT molecular complexity index is 981. The second-order valence-electron chi connectivity index (χ2n) is 7.72. The van der Waals surface area contributed by atoms with Crippen molar-refractivity contribution < 1.29 is 22.3 Å². The molecule has 0 radical (unpaired) electrons. The smallest absolute Gasteiger partial charge is 0.249 e. The zero-order valence-electron chi connectivity index (χ0n) is 16.8. The molecule has 2 aromatic carbocycles. The SMILES string of the molecule is Cc1cc(O)c(CN2CCN(S(=O)(=O)c3c(F)cccc3F)CC2)cc1C(C)C. The lowest BCUT2D eigenvalue weighted by molar-refractivity contribution is 0.179. The van der Waals surface area contributed by atoms with Crippen LogP contribution in [0, 0.1) is 18.6 Å². The summed E-state index contributed by atoms with van der Waals surface area (Å²) in [7, 11) is -4.24. The van der Waals surface area contributed by atoms with Crippen LogP contribution < -0.4 is 0 Å². The van der Waals surface area contributed by atoms with Crippen molar-refractivity contribution in [2.24, 2.45) is 0 Å². The van der Waals surface area contributed by atoms with Crippen molar-refractivity contribution in [1.82, 2.24) is 9.21 Å². The Morgan fingerprint density at radius 3 is 2.21 bits per heavy atom. The fraction of sp³-hybridized carbons (Fsp3) is 0.429. The van der Waals surface area contributed by atoms with Crippen LogP contribution in [-0.2, 0) is 16.6 Å². The molecule has 0 aromatic heterocycles. The summed E-state index contributed by atoms with van der Waals surface area (Å²) in [6.45, 7) is 7.68. The Hall–Kier alpha value is -2.03. The number of hydrogen-bond acceptors (Lipinski definition) is 4. The van der Waals surface area contributed by atoms with E-state index in [1.165, 1.54) is 0 Å². The Kier molecular flexibility index (Phi) is 6.26. The lowest BCUT2D eigenvalue weighted by atomic mass is 9.95. The van der Waals surface area contributed by atoms with Gasteiger partial charge in [-0.05, 0) is 42.2 Å². The van der Waals surface area contributed by atoms with Crippen molar-refractivity contribution in [3.05, 3.63) is 58.7 Å². The van der Waals surface area contributed by atoms with Gasteiger partial charge in [0, 0.05) is 38.3 Å². The van der Waals surface area contributed by atoms with Crippen molar-refractivity contribution in [2.45, 2.75) is 38.1 Å². The van der Waals surface area contributed by atoms with Crippen LogP contribution in [0.15, 0.2) is 35.2 Å². The van der Waals surface area contributed by atoms with Gasteiger partial charge in [-0.2, -0.15) is 4.31 Å². The molecule has 1 saturated heterocycles. The van der Waals surface area contributed by atoms with Crippen molar-refractivity contribution in [2.75, 3.05) is 26.2 Å². The Morgan fingerprint density at radius 2 is 1.66 bits per heavy atom. The van der Waals surface area contributed by atoms with E-state index in [1.807, 2.05) is 17.9 Å². The number of benzene rings is 2. The highest BCUT2D eigenvalue weighted by atomic mass is 32.2. The molecule has 0 spiro atoms. The highest BCUT2D eigenvalue weighted by Crippen LogP contribution is 2.29. The standard InChI is InChI=1S/C21H26F2N2O3S/c1-14(2)17-12-16(20(26)11-15(17)3)13-24-7-9-25(10-8-24)29(27,28)21-18(22)5-4-6-19(21)23/h4-6,11-12,14,26H,7-10,13H2,1-3H3. The maximum atomic E-state index is 14.0. The number of hydrogen-bond donors (Lipinski definition) is 1. The first kappa shape index (κ1) is 21.7. The van der Waals surface area contributed by atoms with E-state index in [0.29, 0.717) is 25.6 Å². The molecule has 0 bridgehead atoms. The lowest BCUT2D eigenvalue weighted by Gasteiger charge is -2.34. The third-order valence-electron chi connectivity index (χ3n) is 5.33. The van der Waals surface area contributed by atoms with E-state index in [2.05, 4.69) is 13.8 Å². The number of piperazine rings is 1. The molecule has 0 aliphatic carbocycles. The third kappa shape index (κ3) is 4.44. The fourth-order valence-electron chi connectivity index (χ4n) is 3.73. The maximum Gasteiger partial charge on any atom is 0.249 e. The molecule has 0 atom stereocenters. The second-order valence-corrected chi connectivity index (χ2v) is 9.60. The van der Waals surface area contributed by atoms with Crippen LogP contribution in [-0.4, -0.2) is 48.9 Å². The predicted octanol–water partition coefficient (Wildman–Crippen LogP) is 3.61. The number of halogens is 2. The number of phenolic OH excluding ortho intramolecular Hbond substituents is 1. The number of sulfonamides is 1. The van der Waals surface area contributed by atoms with Gasteiger partial charge in [-0.15, -0.1) is 0 Å². The largest absolute Gasteiger partial charge is 0.508 e. The van der Waals surface area contributed by atoms with E-state index < -0.39 is 26.6 Å². The highest BCUT2D eigenvalue weighted by molar-refractivity contribution is 7.89. The van der Waals surface area contributed by atoms with Crippen LogP contribution in [0.25, 0.3) is 0 Å².